The van der Waals surface area contributed by atoms with Gasteiger partial charge in [0, 0.05) is 24.4 Å². The Balaban J connectivity index is 0.00000192. The predicted molar refractivity (Wildman–Crippen MR) is 84.7 cm³/mol. The third kappa shape index (κ3) is 4.17. The van der Waals surface area contributed by atoms with E-state index in [1.807, 2.05) is 6.92 Å². The normalized spacial score (nSPS) is 25.3. The first-order valence-electron chi connectivity index (χ1n) is 7.51. The maximum atomic E-state index is 13.3. The molecule has 1 aromatic rings. The van der Waals surface area contributed by atoms with Crippen molar-refractivity contribution in [2.45, 2.75) is 25.6 Å². The Morgan fingerprint density at radius 2 is 1.87 bits per heavy atom. The van der Waals surface area contributed by atoms with Crippen molar-refractivity contribution in [2.75, 3.05) is 13.1 Å². The lowest BCUT2D eigenvalue weighted by molar-refractivity contribution is -0.127. The number of rotatable bonds is 4. The minimum absolute atomic E-state index is 0. The molecule has 2 aliphatic heterocycles. The summed E-state index contributed by atoms with van der Waals surface area (Å²) in [5.41, 5.74) is 6.46. The summed E-state index contributed by atoms with van der Waals surface area (Å²) >= 11 is 0. The first kappa shape index (κ1) is 18.1. The summed E-state index contributed by atoms with van der Waals surface area (Å²) in [6, 6.07) is 3.21. The molecule has 2 fully saturated rings. The lowest BCUT2D eigenvalue weighted by atomic mass is 9.88. The standard InChI is InChI=1S/C15H20F2N4O.ClH/c1-8(10-6-18-7-10)15(22)19-14-5-13(20-21-14)9-2-11(16)4-12(17)3-9;/h2-4,8,10,13-14,18,20-21H,5-7H2,1H3,(H,19,22);1H. The third-order valence-electron chi connectivity index (χ3n) is 4.44. The monoisotopic (exact) mass is 346 g/mol. The zero-order valence-corrected chi connectivity index (χ0v) is 13.6. The molecule has 0 aliphatic carbocycles. The molecule has 2 heterocycles. The van der Waals surface area contributed by atoms with E-state index in [4.69, 9.17) is 0 Å². The smallest absolute Gasteiger partial charge is 0.224 e. The molecule has 3 unspecified atom stereocenters. The van der Waals surface area contributed by atoms with Crippen molar-refractivity contribution >= 4 is 18.3 Å². The van der Waals surface area contributed by atoms with Gasteiger partial charge in [0.15, 0.2) is 0 Å². The predicted octanol–water partition coefficient (Wildman–Crippen LogP) is 1.22. The van der Waals surface area contributed by atoms with Gasteiger partial charge in [-0.1, -0.05) is 6.92 Å². The Morgan fingerprint density at radius 3 is 2.43 bits per heavy atom. The minimum atomic E-state index is -0.601. The van der Waals surface area contributed by atoms with Crippen LogP contribution in [0.5, 0.6) is 0 Å². The molecule has 0 radical (unpaired) electrons. The van der Waals surface area contributed by atoms with Gasteiger partial charge in [0.2, 0.25) is 5.91 Å². The van der Waals surface area contributed by atoms with Crippen molar-refractivity contribution in [1.82, 2.24) is 21.5 Å². The first-order valence-corrected chi connectivity index (χ1v) is 7.51. The van der Waals surface area contributed by atoms with Crippen LogP contribution in [-0.4, -0.2) is 25.2 Å². The van der Waals surface area contributed by atoms with Crippen LogP contribution in [-0.2, 0) is 4.79 Å². The summed E-state index contributed by atoms with van der Waals surface area (Å²) in [5, 5.41) is 6.08. The van der Waals surface area contributed by atoms with Crippen LogP contribution in [0.2, 0.25) is 0 Å². The fourth-order valence-electron chi connectivity index (χ4n) is 2.83. The lowest BCUT2D eigenvalue weighted by Gasteiger charge is -2.32. The highest BCUT2D eigenvalue weighted by Gasteiger charge is 2.32. The van der Waals surface area contributed by atoms with E-state index >= 15 is 0 Å². The number of carbonyl (C=O) groups excluding carboxylic acids is 1. The molecule has 5 nitrogen and oxygen atoms in total. The van der Waals surface area contributed by atoms with Gasteiger partial charge >= 0.3 is 0 Å². The van der Waals surface area contributed by atoms with Crippen LogP contribution in [0, 0.1) is 23.5 Å². The molecule has 0 bridgehead atoms. The molecule has 0 spiro atoms. The Hall–Kier alpha value is -1.28. The van der Waals surface area contributed by atoms with E-state index in [9.17, 15) is 13.6 Å². The summed E-state index contributed by atoms with van der Waals surface area (Å²) in [5.74, 6) is -0.876. The Bertz CT molecular complexity index is 550. The van der Waals surface area contributed by atoms with E-state index in [-0.39, 0.29) is 36.4 Å². The maximum absolute atomic E-state index is 13.3. The quantitative estimate of drug-likeness (QED) is 0.662. The topological polar surface area (TPSA) is 65.2 Å². The molecule has 3 rings (SSSR count). The van der Waals surface area contributed by atoms with E-state index < -0.39 is 11.6 Å². The molecule has 128 valence electrons. The Labute approximate surface area is 140 Å². The van der Waals surface area contributed by atoms with Gasteiger partial charge in [0.1, 0.15) is 11.6 Å². The number of hydrogen-bond donors (Lipinski definition) is 4. The molecule has 1 aromatic carbocycles. The molecule has 0 aromatic heterocycles. The van der Waals surface area contributed by atoms with Gasteiger partial charge in [0.25, 0.3) is 0 Å². The van der Waals surface area contributed by atoms with Crippen molar-refractivity contribution in [3.63, 3.8) is 0 Å². The van der Waals surface area contributed by atoms with Gasteiger partial charge in [-0.15, -0.1) is 12.4 Å². The first-order chi connectivity index (χ1) is 10.5. The molecular formula is C15H21ClF2N4O. The van der Waals surface area contributed by atoms with E-state index in [1.165, 1.54) is 12.1 Å². The highest BCUT2D eigenvalue weighted by atomic mass is 35.5. The summed E-state index contributed by atoms with van der Waals surface area (Å²) in [6.07, 6.45) is 0.281. The summed E-state index contributed by atoms with van der Waals surface area (Å²) in [6.45, 7) is 3.66. The average molecular weight is 347 g/mol. The number of halogens is 3. The van der Waals surface area contributed by atoms with Gasteiger partial charge in [-0.3, -0.25) is 4.79 Å². The molecule has 23 heavy (non-hydrogen) atoms. The zero-order chi connectivity index (χ0) is 15.7. The summed E-state index contributed by atoms with van der Waals surface area (Å²) in [4.78, 5) is 12.2. The number of nitrogens with one attached hydrogen (secondary N) is 4. The van der Waals surface area contributed by atoms with Crippen molar-refractivity contribution in [1.29, 1.82) is 0 Å². The molecule has 0 saturated carbocycles. The number of hydrogen-bond acceptors (Lipinski definition) is 4. The minimum Gasteiger partial charge on any atom is -0.339 e. The lowest BCUT2D eigenvalue weighted by Crippen LogP contribution is -2.52. The highest BCUT2D eigenvalue weighted by molar-refractivity contribution is 5.85. The zero-order valence-electron chi connectivity index (χ0n) is 12.7. The molecule has 8 heteroatoms. The van der Waals surface area contributed by atoms with Gasteiger partial charge < -0.3 is 10.6 Å². The SMILES string of the molecule is CC(C(=O)NC1CC(c2cc(F)cc(F)c2)NN1)C1CNC1.Cl. The molecule has 4 N–H and O–H groups in total. The van der Waals surface area contributed by atoms with E-state index in [0.29, 0.717) is 17.9 Å². The second kappa shape index (κ2) is 7.53. The molecule has 3 atom stereocenters. The molecule has 1 amide bonds. The van der Waals surface area contributed by atoms with Gasteiger partial charge in [0.05, 0.1) is 6.17 Å². The second-order valence-electron chi connectivity index (χ2n) is 6.05. The fourth-order valence-corrected chi connectivity index (χ4v) is 2.83. The number of hydrazine groups is 1. The highest BCUT2D eigenvalue weighted by Crippen LogP contribution is 2.23. The third-order valence-corrected chi connectivity index (χ3v) is 4.44. The van der Waals surface area contributed by atoms with Crippen LogP contribution >= 0.6 is 12.4 Å². The Kier molecular flexibility index (Phi) is 5.91. The van der Waals surface area contributed by atoms with Gasteiger partial charge in [-0.2, -0.15) is 0 Å². The average Bonchev–Trinajstić information content (AvgIpc) is 2.84. The van der Waals surface area contributed by atoms with Crippen LogP contribution in [0.4, 0.5) is 8.78 Å². The number of amides is 1. The molecule has 2 aliphatic rings. The number of carbonyl (C=O) groups is 1. The van der Waals surface area contributed by atoms with E-state index in [0.717, 1.165) is 19.2 Å². The van der Waals surface area contributed by atoms with Crippen molar-refractivity contribution in [3.8, 4) is 0 Å². The van der Waals surface area contributed by atoms with Crippen LogP contribution in [0.1, 0.15) is 24.9 Å². The van der Waals surface area contributed by atoms with E-state index in [2.05, 4.69) is 21.5 Å². The molecular weight excluding hydrogens is 326 g/mol. The second-order valence-corrected chi connectivity index (χ2v) is 6.05. The van der Waals surface area contributed by atoms with Crippen LogP contribution < -0.4 is 21.5 Å². The van der Waals surface area contributed by atoms with Crippen molar-refractivity contribution < 1.29 is 13.6 Å². The van der Waals surface area contributed by atoms with Crippen LogP contribution in [0.15, 0.2) is 18.2 Å². The largest absolute Gasteiger partial charge is 0.339 e. The van der Waals surface area contributed by atoms with Crippen molar-refractivity contribution in [3.05, 3.63) is 35.4 Å². The van der Waals surface area contributed by atoms with Crippen molar-refractivity contribution in [2.24, 2.45) is 11.8 Å². The van der Waals surface area contributed by atoms with Gasteiger partial charge in [-0.25, -0.2) is 19.6 Å². The van der Waals surface area contributed by atoms with Crippen LogP contribution in [0.25, 0.3) is 0 Å². The van der Waals surface area contributed by atoms with Gasteiger partial charge in [-0.05, 0) is 36.7 Å². The van der Waals surface area contributed by atoms with E-state index in [1.54, 1.807) is 0 Å². The van der Waals surface area contributed by atoms with Crippen LogP contribution in [0.3, 0.4) is 0 Å². The Morgan fingerprint density at radius 1 is 1.22 bits per heavy atom. The summed E-state index contributed by atoms with van der Waals surface area (Å²) in [7, 11) is 0. The number of benzene rings is 1. The summed E-state index contributed by atoms with van der Waals surface area (Å²) < 4.78 is 26.5. The fraction of sp³-hybridized carbons (Fsp3) is 0.533. The maximum Gasteiger partial charge on any atom is 0.224 e. The molecule has 2 saturated heterocycles.